The predicted octanol–water partition coefficient (Wildman–Crippen LogP) is 6.60. The molecule has 2 amide bonds. The van der Waals surface area contributed by atoms with Gasteiger partial charge in [0.25, 0.3) is 5.91 Å². The number of anilines is 2. The van der Waals surface area contributed by atoms with Gasteiger partial charge in [-0.05, 0) is 66.9 Å². The van der Waals surface area contributed by atoms with Crippen LogP contribution in [-0.4, -0.2) is 41.6 Å². The summed E-state index contributed by atoms with van der Waals surface area (Å²) in [6.45, 7) is 4.09. The normalized spacial score (nSPS) is 13.6. The third-order valence-corrected chi connectivity index (χ3v) is 9.12. The number of carbonyl (C=O) groups excluding carboxylic acids is 3. The van der Waals surface area contributed by atoms with E-state index in [1.54, 1.807) is 25.1 Å². The van der Waals surface area contributed by atoms with Crippen LogP contribution in [0.2, 0.25) is 0 Å². The highest BCUT2D eigenvalue weighted by molar-refractivity contribution is 8.00. The van der Waals surface area contributed by atoms with Crippen molar-refractivity contribution in [2.24, 2.45) is 0 Å². The molecular formula is C32H30FN3O4S2. The minimum absolute atomic E-state index is 0.245. The second-order valence-corrected chi connectivity index (χ2v) is 12.4. The number of halogens is 1. The van der Waals surface area contributed by atoms with Crippen molar-refractivity contribution in [1.29, 1.82) is 0 Å². The summed E-state index contributed by atoms with van der Waals surface area (Å²) in [7, 11) is 1.35. The van der Waals surface area contributed by atoms with E-state index in [0.29, 0.717) is 34.8 Å². The van der Waals surface area contributed by atoms with E-state index < -0.39 is 17.0 Å². The zero-order chi connectivity index (χ0) is 29.6. The van der Waals surface area contributed by atoms with Crippen molar-refractivity contribution in [3.63, 3.8) is 0 Å². The number of nitrogens with zero attached hydrogens (tertiary/aromatic N) is 1. The fraction of sp³-hybridized carbons (Fsp3) is 0.219. The number of fused-ring (bicyclic) bond motifs is 1. The summed E-state index contributed by atoms with van der Waals surface area (Å²) >= 11 is 2.76. The number of hydrogen-bond acceptors (Lipinski definition) is 7. The van der Waals surface area contributed by atoms with Gasteiger partial charge in [-0.15, -0.1) is 23.1 Å². The van der Waals surface area contributed by atoms with Crippen molar-refractivity contribution < 1.29 is 23.5 Å². The van der Waals surface area contributed by atoms with Crippen molar-refractivity contribution in [2.75, 3.05) is 24.3 Å². The smallest absolute Gasteiger partial charge is 0.341 e. The summed E-state index contributed by atoms with van der Waals surface area (Å²) in [6.07, 6.45) is 0.694. The van der Waals surface area contributed by atoms with Crippen LogP contribution in [0.3, 0.4) is 0 Å². The summed E-state index contributed by atoms with van der Waals surface area (Å²) in [4.78, 5) is 42.8. The molecule has 0 spiro atoms. The van der Waals surface area contributed by atoms with Crippen molar-refractivity contribution >= 4 is 51.6 Å². The molecule has 1 aliphatic rings. The van der Waals surface area contributed by atoms with Gasteiger partial charge in [0, 0.05) is 40.7 Å². The molecule has 1 atom stereocenters. The van der Waals surface area contributed by atoms with Crippen LogP contribution in [0.25, 0.3) is 0 Å². The molecule has 2 heterocycles. The molecule has 0 bridgehead atoms. The highest BCUT2D eigenvalue weighted by Gasteiger charge is 2.30. The zero-order valence-electron chi connectivity index (χ0n) is 23.2. The van der Waals surface area contributed by atoms with Gasteiger partial charge in [-0.1, -0.05) is 36.4 Å². The second kappa shape index (κ2) is 13.3. The van der Waals surface area contributed by atoms with Crippen LogP contribution in [0, 0.1) is 5.82 Å². The third kappa shape index (κ3) is 7.07. The lowest BCUT2D eigenvalue weighted by Gasteiger charge is -2.27. The minimum atomic E-state index is -0.493. The molecule has 0 fully saturated rings. The van der Waals surface area contributed by atoms with Crippen LogP contribution in [0.15, 0.2) is 83.8 Å². The van der Waals surface area contributed by atoms with E-state index in [0.717, 1.165) is 28.4 Å². The number of rotatable bonds is 9. The van der Waals surface area contributed by atoms with E-state index in [9.17, 15) is 18.8 Å². The lowest BCUT2D eigenvalue weighted by Crippen LogP contribution is -2.29. The number of nitrogens with one attached hydrogen (secondary N) is 2. The Kier molecular flexibility index (Phi) is 9.36. The van der Waals surface area contributed by atoms with Crippen LogP contribution >= 0.6 is 23.1 Å². The number of benzene rings is 3. The standard InChI is InChI=1S/C32H30FN3O4S2/c1-20(41-25-10-6-9-24(17-25)34-30(38)22-11-13-23(33)14-12-22)29(37)35-31-28(32(39)40-2)26-15-16-36(19-27(26)42-31)18-21-7-4-3-5-8-21/h3-14,17,20H,15-16,18-19H2,1-2H3,(H,34,38)(H,35,37). The summed E-state index contributed by atoms with van der Waals surface area (Å²) < 4.78 is 18.3. The SMILES string of the molecule is COC(=O)c1c(NC(=O)C(C)Sc2cccc(NC(=O)c3ccc(F)cc3)c2)sc2c1CCN(Cc1ccccc1)C2. The molecule has 2 N–H and O–H groups in total. The number of thiophene rings is 1. The Morgan fingerprint density at radius 3 is 2.52 bits per heavy atom. The maximum absolute atomic E-state index is 13.3. The number of methoxy groups -OCH3 is 1. The summed E-state index contributed by atoms with van der Waals surface area (Å²) in [5, 5.41) is 5.80. The van der Waals surface area contributed by atoms with Crippen LogP contribution in [0.1, 0.15) is 43.6 Å². The molecule has 0 saturated carbocycles. The molecule has 42 heavy (non-hydrogen) atoms. The molecule has 216 valence electrons. The van der Waals surface area contributed by atoms with Crippen molar-refractivity contribution in [3.05, 3.63) is 112 Å². The first-order valence-corrected chi connectivity index (χ1v) is 15.1. The maximum Gasteiger partial charge on any atom is 0.341 e. The monoisotopic (exact) mass is 603 g/mol. The van der Waals surface area contributed by atoms with Gasteiger partial charge < -0.3 is 15.4 Å². The largest absolute Gasteiger partial charge is 0.465 e. The van der Waals surface area contributed by atoms with E-state index in [1.807, 2.05) is 24.3 Å². The minimum Gasteiger partial charge on any atom is -0.465 e. The van der Waals surface area contributed by atoms with Crippen LogP contribution < -0.4 is 10.6 Å². The lowest BCUT2D eigenvalue weighted by atomic mass is 10.0. The fourth-order valence-corrected chi connectivity index (χ4v) is 6.97. The molecule has 1 aromatic heterocycles. The van der Waals surface area contributed by atoms with E-state index in [4.69, 9.17) is 4.74 Å². The van der Waals surface area contributed by atoms with Gasteiger partial charge in [-0.25, -0.2) is 9.18 Å². The van der Waals surface area contributed by atoms with Gasteiger partial charge in [0.1, 0.15) is 10.8 Å². The quantitative estimate of drug-likeness (QED) is 0.166. The Morgan fingerprint density at radius 2 is 1.79 bits per heavy atom. The predicted molar refractivity (Wildman–Crippen MR) is 165 cm³/mol. The number of amides is 2. The molecule has 0 radical (unpaired) electrons. The van der Waals surface area contributed by atoms with E-state index in [1.165, 1.54) is 60.0 Å². The summed E-state index contributed by atoms with van der Waals surface area (Å²) in [6, 6.07) is 22.7. The highest BCUT2D eigenvalue weighted by atomic mass is 32.2. The van der Waals surface area contributed by atoms with Gasteiger partial charge in [0.2, 0.25) is 5.91 Å². The summed E-state index contributed by atoms with van der Waals surface area (Å²) in [5.41, 5.74) is 3.50. The first-order valence-electron chi connectivity index (χ1n) is 13.4. The first kappa shape index (κ1) is 29.5. The van der Waals surface area contributed by atoms with Gasteiger partial charge in [-0.3, -0.25) is 14.5 Å². The number of ether oxygens (including phenoxy) is 1. The topological polar surface area (TPSA) is 87.7 Å². The zero-order valence-corrected chi connectivity index (χ0v) is 24.8. The van der Waals surface area contributed by atoms with E-state index >= 15 is 0 Å². The molecule has 3 aromatic carbocycles. The van der Waals surface area contributed by atoms with Gasteiger partial charge in [0.05, 0.1) is 17.9 Å². The van der Waals surface area contributed by atoms with Crippen LogP contribution in [0.4, 0.5) is 15.1 Å². The molecule has 10 heteroatoms. The van der Waals surface area contributed by atoms with Gasteiger partial charge in [0.15, 0.2) is 0 Å². The van der Waals surface area contributed by atoms with E-state index in [-0.39, 0.29) is 11.8 Å². The Bertz CT molecular complexity index is 1590. The number of esters is 1. The molecule has 4 aromatic rings. The molecule has 1 aliphatic heterocycles. The van der Waals surface area contributed by atoms with Gasteiger partial charge in [-0.2, -0.15) is 0 Å². The number of hydrogen-bond donors (Lipinski definition) is 2. The van der Waals surface area contributed by atoms with Crippen LogP contribution in [0.5, 0.6) is 0 Å². The first-order chi connectivity index (χ1) is 20.3. The van der Waals surface area contributed by atoms with Crippen molar-refractivity contribution in [2.45, 2.75) is 36.6 Å². The Hall–Kier alpha value is -3.99. The van der Waals surface area contributed by atoms with Crippen molar-refractivity contribution in [1.82, 2.24) is 4.90 Å². The number of thioether (sulfide) groups is 1. The number of carbonyl (C=O) groups is 3. The van der Waals surface area contributed by atoms with Gasteiger partial charge >= 0.3 is 5.97 Å². The van der Waals surface area contributed by atoms with Crippen molar-refractivity contribution in [3.8, 4) is 0 Å². The Balaban J connectivity index is 1.25. The fourth-order valence-electron chi connectivity index (χ4n) is 4.76. The lowest BCUT2D eigenvalue weighted by molar-refractivity contribution is -0.115. The molecule has 1 unspecified atom stereocenters. The van der Waals surface area contributed by atoms with E-state index in [2.05, 4.69) is 27.7 Å². The highest BCUT2D eigenvalue weighted by Crippen LogP contribution is 2.38. The third-order valence-electron chi connectivity index (χ3n) is 6.89. The second-order valence-electron chi connectivity index (χ2n) is 9.88. The maximum atomic E-state index is 13.3. The molecule has 5 rings (SSSR count). The molecule has 0 saturated heterocycles. The Morgan fingerprint density at radius 1 is 1.02 bits per heavy atom. The summed E-state index contributed by atoms with van der Waals surface area (Å²) in [5.74, 6) is -1.47. The average Bonchev–Trinajstić information content (AvgIpc) is 3.34. The molecule has 0 aliphatic carbocycles. The molecule has 7 nitrogen and oxygen atoms in total. The average molecular weight is 604 g/mol. The van der Waals surface area contributed by atoms with Crippen LogP contribution in [-0.2, 0) is 29.0 Å². The molecular weight excluding hydrogens is 574 g/mol. The Labute approximate surface area is 252 Å².